The summed E-state index contributed by atoms with van der Waals surface area (Å²) in [6.45, 7) is 9.78. The van der Waals surface area contributed by atoms with Crippen molar-refractivity contribution >= 4 is 10.0 Å². The van der Waals surface area contributed by atoms with E-state index < -0.39 is 10.0 Å². The van der Waals surface area contributed by atoms with E-state index in [-0.39, 0.29) is 11.1 Å². The number of likely N-dealkylation sites (N-methyl/N-ethyl adjacent to an activating group) is 1. The van der Waals surface area contributed by atoms with Gasteiger partial charge in [-0.25, -0.2) is 18.1 Å². The van der Waals surface area contributed by atoms with Gasteiger partial charge in [0, 0.05) is 45.0 Å². The van der Waals surface area contributed by atoms with Crippen molar-refractivity contribution in [2.45, 2.75) is 24.9 Å². The van der Waals surface area contributed by atoms with Crippen LogP contribution in [0, 0.1) is 0 Å². The first kappa shape index (κ1) is 16.4. The van der Waals surface area contributed by atoms with Crippen molar-refractivity contribution in [1.29, 1.82) is 0 Å². The second-order valence-electron chi connectivity index (χ2n) is 5.34. The van der Waals surface area contributed by atoms with Gasteiger partial charge in [0.2, 0.25) is 0 Å². The molecule has 1 saturated heterocycles. The molecular formula is C14H24N4O2S. The smallest absolute Gasteiger partial charge is 0.258 e. The third-order valence-electron chi connectivity index (χ3n) is 3.96. The highest BCUT2D eigenvalue weighted by Crippen LogP contribution is 2.07. The number of rotatable bonds is 6. The summed E-state index contributed by atoms with van der Waals surface area (Å²) in [5.74, 6) is 0. The molecule has 7 heteroatoms. The van der Waals surface area contributed by atoms with Gasteiger partial charge in [0.25, 0.3) is 10.0 Å². The van der Waals surface area contributed by atoms with E-state index in [1.54, 1.807) is 12.1 Å². The Labute approximate surface area is 127 Å². The highest BCUT2D eigenvalue weighted by molar-refractivity contribution is 7.89. The molecule has 0 amide bonds. The van der Waals surface area contributed by atoms with Crippen LogP contribution in [0.5, 0.6) is 0 Å². The first-order chi connectivity index (χ1) is 10.0. The van der Waals surface area contributed by atoms with E-state index in [9.17, 15) is 8.42 Å². The van der Waals surface area contributed by atoms with Crippen molar-refractivity contribution in [3.63, 3.8) is 0 Å². The zero-order chi connectivity index (χ0) is 15.3. The number of sulfonamides is 1. The van der Waals surface area contributed by atoms with Crippen LogP contribution in [-0.4, -0.2) is 68.5 Å². The summed E-state index contributed by atoms with van der Waals surface area (Å²) in [5.41, 5.74) is 0. The van der Waals surface area contributed by atoms with Crippen LogP contribution >= 0.6 is 0 Å². The van der Waals surface area contributed by atoms with E-state index >= 15 is 0 Å². The van der Waals surface area contributed by atoms with Gasteiger partial charge in [-0.1, -0.05) is 13.0 Å². The molecule has 1 aliphatic rings. The summed E-state index contributed by atoms with van der Waals surface area (Å²) in [5, 5.41) is 0.0769. The van der Waals surface area contributed by atoms with Crippen LogP contribution < -0.4 is 4.72 Å². The van der Waals surface area contributed by atoms with Crippen molar-refractivity contribution < 1.29 is 8.42 Å². The Balaban J connectivity index is 1.85. The lowest BCUT2D eigenvalue weighted by atomic mass is 10.2. The van der Waals surface area contributed by atoms with E-state index in [0.717, 1.165) is 32.7 Å². The number of nitrogens with zero attached hydrogens (tertiary/aromatic N) is 3. The van der Waals surface area contributed by atoms with Crippen LogP contribution in [0.15, 0.2) is 29.4 Å². The van der Waals surface area contributed by atoms with Crippen molar-refractivity contribution in [3.05, 3.63) is 24.4 Å². The lowest BCUT2D eigenvalue weighted by Crippen LogP contribution is -2.52. The molecule has 0 aliphatic carbocycles. The zero-order valence-electron chi connectivity index (χ0n) is 12.7. The molecule has 0 spiro atoms. The van der Waals surface area contributed by atoms with E-state index in [0.29, 0.717) is 6.54 Å². The minimum Gasteiger partial charge on any atom is -0.301 e. The van der Waals surface area contributed by atoms with E-state index in [4.69, 9.17) is 0 Å². The zero-order valence-corrected chi connectivity index (χ0v) is 13.5. The average molecular weight is 312 g/mol. The monoisotopic (exact) mass is 312 g/mol. The fourth-order valence-electron chi connectivity index (χ4n) is 2.46. The Morgan fingerprint density at radius 3 is 2.57 bits per heavy atom. The van der Waals surface area contributed by atoms with Gasteiger partial charge in [-0.15, -0.1) is 0 Å². The minimum absolute atomic E-state index is 0.0769. The molecule has 1 atom stereocenters. The second-order valence-corrected chi connectivity index (χ2v) is 7.05. The molecule has 0 saturated carbocycles. The number of nitrogens with one attached hydrogen (secondary N) is 1. The molecule has 1 fully saturated rings. The highest BCUT2D eigenvalue weighted by atomic mass is 32.2. The van der Waals surface area contributed by atoms with Gasteiger partial charge in [0.05, 0.1) is 0 Å². The Kier molecular flexibility index (Phi) is 5.69. The van der Waals surface area contributed by atoms with Crippen LogP contribution in [0.2, 0.25) is 0 Å². The Morgan fingerprint density at radius 1 is 1.29 bits per heavy atom. The molecule has 1 unspecified atom stereocenters. The first-order valence-electron chi connectivity index (χ1n) is 7.40. The summed E-state index contributed by atoms with van der Waals surface area (Å²) in [4.78, 5) is 8.62. The Bertz CT molecular complexity index is 527. The minimum atomic E-state index is -3.51. The summed E-state index contributed by atoms with van der Waals surface area (Å²) in [7, 11) is -3.51. The summed E-state index contributed by atoms with van der Waals surface area (Å²) in [6, 6.07) is 5.07. The van der Waals surface area contributed by atoms with Gasteiger partial charge in [0.15, 0.2) is 5.03 Å². The molecule has 0 radical (unpaired) electrons. The van der Waals surface area contributed by atoms with E-state index in [1.165, 1.54) is 12.3 Å². The van der Waals surface area contributed by atoms with Crippen molar-refractivity contribution in [3.8, 4) is 0 Å². The predicted molar refractivity (Wildman–Crippen MR) is 82.6 cm³/mol. The molecule has 1 N–H and O–H groups in total. The Morgan fingerprint density at radius 2 is 2.00 bits per heavy atom. The molecule has 1 aliphatic heterocycles. The average Bonchev–Trinajstić information content (AvgIpc) is 2.53. The maximum Gasteiger partial charge on any atom is 0.258 e. The van der Waals surface area contributed by atoms with Crippen LogP contribution in [0.25, 0.3) is 0 Å². The van der Waals surface area contributed by atoms with Crippen LogP contribution in [0.1, 0.15) is 13.8 Å². The van der Waals surface area contributed by atoms with Gasteiger partial charge >= 0.3 is 0 Å². The Hall–Kier alpha value is -1.02. The predicted octanol–water partition coefficient (Wildman–Crippen LogP) is 0.386. The molecule has 6 nitrogen and oxygen atoms in total. The molecule has 0 bridgehead atoms. The van der Waals surface area contributed by atoms with Gasteiger partial charge in [-0.2, -0.15) is 0 Å². The van der Waals surface area contributed by atoms with Crippen molar-refractivity contribution in [2.75, 3.05) is 39.3 Å². The third-order valence-corrected chi connectivity index (χ3v) is 5.30. The molecule has 1 aromatic heterocycles. The lowest BCUT2D eigenvalue weighted by molar-refractivity contribution is 0.107. The highest BCUT2D eigenvalue weighted by Gasteiger charge is 2.22. The number of hydrogen-bond acceptors (Lipinski definition) is 5. The third kappa shape index (κ3) is 4.47. The molecule has 2 rings (SSSR count). The number of piperazine rings is 1. The van der Waals surface area contributed by atoms with E-state index in [2.05, 4.69) is 33.4 Å². The molecular weight excluding hydrogens is 288 g/mol. The number of hydrogen-bond donors (Lipinski definition) is 1. The number of pyridine rings is 1. The van der Waals surface area contributed by atoms with Crippen LogP contribution in [0.4, 0.5) is 0 Å². The SMILES string of the molecule is CCN1CCN(C(C)CNS(=O)(=O)c2ccccn2)CC1. The second kappa shape index (κ2) is 7.31. The largest absolute Gasteiger partial charge is 0.301 e. The van der Waals surface area contributed by atoms with Gasteiger partial charge in [0.1, 0.15) is 0 Å². The molecule has 0 aromatic carbocycles. The van der Waals surface area contributed by atoms with Crippen molar-refractivity contribution in [1.82, 2.24) is 19.5 Å². The maximum atomic E-state index is 12.1. The normalized spacial score (nSPS) is 19.5. The number of aromatic nitrogens is 1. The standard InChI is InChI=1S/C14H24N4O2S/c1-3-17-8-10-18(11-9-17)13(2)12-16-21(19,20)14-6-4-5-7-15-14/h4-7,13,16H,3,8-12H2,1-2H3. The first-order valence-corrected chi connectivity index (χ1v) is 8.88. The van der Waals surface area contributed by atoms with Crippen LogP contribution in [0.3, 0.4) is 0 Å². The van der Waals surface area contributed by atoms with E-state index in [1.807, 2.05) is 0 Å². The summed E-state index contributed by atoms with van der Waals surface area (Å²) in [6.07, 6.45) is 1.49. The fraction of sp³-hybridized carbons (Fsp3) is 0.643. The van der Waals surface area contributed by atoms with Gasteiger partial charge in [-0.3, -0.25) is 4.90 Å². The fourth-order valence-corrected chi connectivity index (χ4v) is 3.53. The lowest BCUT2D eigenvalue weighted by Gasteiger charge is -2.37. The van der Waals surface area contributed by atoms with Crippen molar-refractivity contribution in [2.24, 2.45) is 0 Å². The maximum absolute atomic E-state index is 12.1. The molecule has 2 heterocycles. The molecule has 1 aromatic rings. The summed E-state index contributed by atoms with van der Waals surface area (Å²) < 4.78 is 26.9. The summed E-state index contributed by atoms with van der Waals surface area (Å²) >= 11 is 0. The molecule has 21 heavy (non-hydrogen) atoms. The topological polar surface area (TPSA) is 65.5 Å². The molecule has 118 valence electrons. The van der Waals surface area contributed by atoms with Gasteiger partial charge < -0.3 is 4.90 Å². The van der Waals surface area contributed by atoms with Gasteiger partial charge in [-0.05, 0) is 25.6 Å². The van der Waals surface area contributed by atoms with Crippen LogP contribution in [-0.2, 0) is 10.0 Å². The quantitative estimate of drug-likeness (QED) is 0.823.